The van der Waals surface area contributed by atoms with Crippen molar-refractivity contribution in [2.24, 2.45) is 5.92 Å². The fourth-order valence-electron chi connectivity index (χ4n) is 4.27. The SMILES string of the molecule is COC1CC(N2CC(C3CCCCC3)NCC2C)C1. The minimum atomic E-state index is 0.528. The molecule has 1 aliphatic heterocycles. The zero-order valence-electron chi connectivity index (χ0n) is 12.6. The first kappa shape index (κ1) is 13.8. The van der Waals surface area contributed by atoms with Crippen molar-refractivity contribution in [2.75, 3.05) is 20.2 Å². The molecule has 3 rings (SSSR count). The second-order valence-corrected chi connectivity index (χ2v) is 6.94. The highest BCUT2D eigenvalue weighted by molar-refractivity contribution is 4.96. The Morgan fingerprint density at radius 2 is 1.84 bits per heavy atom. The molecule has 0 aromatic rings. The molecular formula is C16H30N2O. The summed E-state index contributed by atoms with van der Waals surface area (Å²) < 4.78 is 5.44. The van der Waals surface area contributed by atoms with Crippen molar-refractivity contribution in [3.63, 3.8) is 0 Å². The molecule has 2 aliphatic carbocycles. The smallest absolute Gasteiger partial charge is 0.0601 e. The molecule has 0 spiro atoms. The van der Waals surface area contributed by atoms with E-state index in [-0.39, 0.29) is 0 Å². The predicted octanol–water partition coefficient (Wildman–Crippen LogP) is 2.41. The van der Waals surface area contributed by atoms with Gasteiger partial charge in [0.05, 0.1) is 6.10 Å². The first-order chi connectivity index (χ1) is 9.28. The number of nitrogens with one attached hydrogen (secondary N) is 1. The molecule has 1 heterocycles. The van der Waals surface area contributed by atoms with E-state index in [1.165, 1.54) is 58.0 Å². The second kappa shape index (κ2) is 6.11. The standard InChI is InChI=1S/C16H30N2O/c1-12-10-17-16(13-6-4-3-5-7-13)11-18(12)14-8-15(9-14)19-2/h12-17H,3-11H2,1-2H3. The Morgan fingerprint density at radius 1 is 1.11 bits per heavy atom. The molecule has 0 bridgehead atoms. The zero-order chi connectivity index (χ0) is 13.2. The van der Waals surface area contributed by atoms with Gasteiger partial charge in [-0.05, 0) is 38.5 Å². The Balaban J connectivity index is 1.54. The molecule has 0 aromatic heterocycles. The number of ether oxygens (including phenoxy) is 1. The molecule has 2 atom stereocenters. The third-order valence-electron chi connectivity index (χ3n) is 5.74. The maximum atomic E-state index is 5.44. The van der Waals surface area contributed by atoms with E-state index >= 15 is 0 Å². The van der Waals surface area contributed by atoms with Gasteiger partial charge in [-0.1, -0.05) is 19.3 Å². The lowest BCUT2D eigenvalue weighted by molar-refractivity contribution is -0.0533. The molecule has 1 N–H and O–H groups in total. The lowest BCUT2D eigenvalue weighted by atomic mass is 9.81. The third-order valence-corrected chi connectivity index (χ3v) is 5.74. The van der Waals surface area contributed by atoms with Crippen LogP contribution in [0.4, 0.5) is 0 Å². The van der Waals surface area contributed by atoms with Crippen LogP contribution in [-0.4, -0.2) is 49.3 Å². The monoisotopic (exact) mass is 266 g/mol. The third kappa shape index (κ3) is 2.98. The molecule has 19 heavy (non-hydrogen) atoms. The van der Waals surface area contributed by atoms with Crippen LogP contribution >= 0.6 is 0 Å². The van der Waals surface area contributed by atoms with Gasteiger partial charge in [0.15, 0.2) is 0 Å². The average molecular weight is 266 g/mol. The van der Waals surface area contributed by atoms with Gasteiger partial charge in [-0.25, -0.2) is 0 Å². The summed E-state index contributed by atoms with van der Waals surface area (Å²) in [5.74, 6) is 0.932. The molecular weight excluding hydrogens is 236 g/mol. The summed E-state index contributed by atoms with van der Waals surface area (Å²) in [7, 11) is 1.85. The molecule has 2 unspecified atom stereocenters. The van der Waals surface area contributed by atoms with Crippen molar-refractivity contribution in [3.8, 4) is 0 Å². The Labute approximate surface area is 118 Å². The van der Waals surface area contributed by atoms with Crippen LogP contribution in [0.25, 0.3) is 0 Å². The second-order valence-electron chi connectivity index (χ2n) is 6.94. The maximum Gasteiger partial charge on any atom is 0.0601 e. The number of hydrogen-bond donors (Lipinski definition) is 1. The van der Waals surface area contributed by atoms with Crippen molar-refractivity contribution < 1.29 is 4.74 Å². The molecule has 0 amide bonds. The molecule has 3 fully saturated rings. The molecule has 0 radical (unpaired) electrons. The highest BCUT2D eigenvalue weighted by Gasteiger charge is 2.40. The number of hydrogen-bond acceptors (Lipinski definition) is 3. The van der Waals surface area contributed by atoms with E-state index in [9.17, 15) is 0 Å². The highest BCUT2D eigenvalue weighted by atomic mass is 16.5. The molecule has 110 valence electrons. The summed E-state index contributed by atoms with van der Waals surface area (Å²) in [6.07, 6.45) is 10.3. The Kier molecular flexibility index (Phi) is 4.45. The molecule has 3 heteroatoms. The topological polar surface area (TPSA) is 24.5 Å². The van der Waals surface area contributed by atoms with E-state index in [0.717, 1.165) is 18.0 Å². The lowest BCUT2D eigenvalue weighted by Crippen LogP contribution is -2.63. The average Bonchev–Trinajstić information content (AvgIpc) is 2.40. The van der Waals surface area contributed by atoms with Gasteiger partial charge in [0.1, 0.15) is 0 Å². The Morgan fingerprint density at radius 3 is 2.53 bits per heavy atom. The first-order valence-electron chi connectivity index (χ1n) is 8.30. The Bertz CT molecular complexity index is 284. The molecule has 1 saturated heterocycles. The quantitative estimate of drug-likeness (QED) is 0.849. The summed E-state index contributed by atoms with van der Waals surface area (Å²) in [6, 6.07) is 2.23. The van der Waals surface area contributed by atoms with Gasteiger partial charge in [0.2, 0.25) is 0 Å². The zero-order valence-corrected chi connectivity index (χ0v) is 12.6. The minimum Gasteiger partial charge on any atom is -0.381 e. The number of methoxy groups -OCH3 is 1. The fraction of sp³-hybridized carbons (Fsp3) is 1.00. The van der Waals surface area contributed by atoms with Gasteiger partial charge < -0.3 is 10.1 Å². The van der Waals surface area contributed by atoms with Crippen molar-refractivity contribution in [2.45, 2.75) is 76.1 Å². The first-order valence-corrected chi connectivity index (χ1v) is 8.30. The highest BCUT2D eigenvalue weighted by Crippen LogP contribution is 2.33. The number of piperazine rings is 1. The minimum absolute atomic E-state index is 0.528. The van der Waals surface area contributed by atoms with E-state index in [4.69, 9.17) is 4.74 Å². The van der Waals surface area contributed by atoms with Crippen molar-refractivity contribution in [3.05, 3.63) is 0 Å². The number of rotatable bonds is 3. The summed E-state index contributed by atoms with van der Waals surface area (Å²) in [4.78, 5) is 2.77. The van der Waals surface area contributed by atoms with Gasteiger partial charge in [0.25, 0.3) is 0 Å². The summed E-state index contributed by atoms with van der Waals surface area (Å²) in [5.41, 5.74) is 0. The van der Waals surface area contributed by atoms with Crippen LogP contribution in [0.3, 0.4) is 0 Å². The van der Waals surface area contributed by atoms with E-state index < -0.39 is 0 Å². The van der Waals surface area contributed by atoms with Crippen LogP contribution in [0, 0.1) is 5.92 Å². The largest absolute Gasteiger partial charge is 0.381 e. The normalized spacial score (nSPS) is 42.0. The van der Waals surface area contributed by atoms with Crippen LogP contribution < -0.4 is 5.32 Å². The van der Waals surface area contributed by atoms with Crippen LogP contribution in [0.5, 0.6) is 0 Å². The maximum absolute atomic E-state index is 5.44. The molecule has 3 nitrogen and oxygen atoms in total. The van der Waals surface area contributed by atoms with Crippen molar-refractivity contribution in [1.82, 2.24) is 10.2 Å². The molecule has 2 saturated carbocycles. The van der Waals surface area contributed by atoms with E-state index in [0.29, 0.717) is 12.1 Å². The van der Waals surface area contributed by atoms with Crippen LogP contribution in [0.1, 0.15) is 51.9 Å². The van der Waals surface area contributed by atoms with Crippen LogP contribution in [-0.2, 0) is 4.74 Å². The molecule has 3 aliphatic rings. The van der Waals surface area contributed by atoms with Gasteiger partial charge in [-0.15, -0.1) is 0 Å². The summed E-state index contributed by atoms with van der Waals surface area (Å²) in [6.45, 7) is 4.83. The van der Waals surface area contributed by atoms with Gasteiger partial charge in [0, 0.05) is 38.3 Å². The predicted molar refractivity (Wildman–Crippen MR) is 78.4 cm³/mol. The summed E-state index contributed by atoms with van der Waals surface area (Å²) in [5, 5.41) is 3.82. The van der Waals surface area contributed by atoms with Gasteiger partial charge in [-0.3, -0.25) is 4.90 Å². The summed E-state index contributed by atoms with van der Waals surface area (Å²) >= 11 is 0. The Hall–Kier alpha value is -0.120. The van der Waals surface area contributed by atoms with Crippen molar-refractivity contribution >= 4 is 0 Å². The van der Waals surface area contributed by atoms with Gasteiger partial charge >= 0.3 is 0 Å². The van der Waals surface area contributed by atoms with Gasteiger partial charge in [-0.2, -0.15) is 0 Å². The van der Waals surface area contributed by atoms with Crippen molar-refractivity contribution in [1.29, 1.82) is 0 Å². The lowest BCUT2D eigenvalue weighted by Gasteiger charge is -2.50. The number of nitrogens with zero attached hydrogens (tertiary/aromatic N) is 1. The van der Waals surface area contributed by atoms with Crippen LogP contribution in [0.15, 0.2) is 0 Å². The van der Waals surface area contributed by atoms with Crippen LogP contribution in [0.2, 0.25) is 0 Å². The van der Waals surface area contributed by atoms with E-state index in [2.05, 4.69) is 17.1 Å². The van der Waals surface area contributed by atoms with E-state index in [1.807, 2.05) is 7.11 Å². The fourth-order valence-corrected chi connectivity index (χ4v) is 4.27. The van der Waals surface area contributed by atoms with E-state index in [1.54, 1.807) is 0 Å². The molecule has 0 aromatic carbocycles.